The van der Waals surface area contributed by atoms with Crippen LogP contribution in [-0.2, 0) is 25.7 Å². The topological polar surface area (TPSA) is 6.48 Å². The van der Waals surface area contributed by atoms with Crippen LogP contribution in [-0.4, -0.2) is 26.2 Å². The minimum atomic E-state index is 1.24. The van der Waals surface area contributed by atoms with Gasteiger partial charge in [0.05, 0.1) is 0 Å². The molecule has 0 aromatic heterocycles. The molecule has 0 fully saturated rings. The van der Waals surface area contributed by atoms with E-state index in [1.807, 2.05) is 0 Å². The summed E-state index contributed by atoms with van der Waals surface area (Å²) in [5.74, 6) is 0. The van der Waals surface area contributed by atoms with Crippen LogP contribution in [0.3, 0.4) is 0 Å². The van der Waals surface area contributed by atoms with Crippen LogP contribution in [0.2, 0.25) is 0 Å². The summed E-state index contributed by atoms with van der Waals surface area (Å²) in [6.07, 6.45) is 10.1. The second kappa shape index (κ2) is 7.40. The molecule has 0 radical (unpaired) electrons. The lowest BCUT2D eigenvalue weighted by Gasteiger charge is -2.37. The third-order valence-electron chi connectivity index (χ3n) is 8.22. The Labute approximate surface area is 191 Å². The molecule has 0 unspecified atom stereocenters. The van der Waals surface area contributed by atoms with Crippen LogP contribution >= 0.6 is 0 Å². The van der Waals surface area contributed by atoms with Crippen molar-refractivity contribution in [2.75, 3.05) is 36.0 Å². The molecule has 0 atom stereocenters. The first-order valence-electron chi connectivity index (χ1n) is 12.8. The lowest BCUT2D eigenvalue weighted by Crippen LogP contribution is -2.34. The first kappa shape index (κ1) is 18.8. The molecule has 0 saturated heterocycles. The maximum absolute atomic E-state index is 2.63. The van der Waals surface area contributed by atoms with Crippen molar-refractivity contribution in [2.45, 2.75) is 51.4 Å². The minimum Gasteiger partial charge on any atom is -0.371 e. The first-order chi connectivity index (χ1) is 15.8. The van der Waals surface area contributed by atoms with Gasteiger partial charge in [-0.15, -0.1) is 0 Å². The molecular weight excluding hydrogens is 388 g/mol. The van der Waals surface area contributed by atoms with Crippen LogP contribution < -0.4 is 9.80 Å². The largest absolute Gasteiger partial charge is 0.371 e. The Morgan fingerprint density at radius 1 is 0.406 bits per heavy atom. The standard InChI is InChI=1S/C30H32N2/c1-5-23-17-27(18-24-6-2-14-31(13-1)29(23)24)21-9-11-22(12-10-21)28-19-25-7-3-15-32-16-4-8-26(20-28)30(25)32/h9-12,17-20H,1-8,13-16H2. The van der Waals surface area contributed by atoms with E-state index in [-0.39, 0.29) is 0 Å². The summed E-state index contributed by atoms with van der Waals surface area (Å²) in [6, 6.07) is 19.3. The highest BCUT2D eigenvalue weighted by molar-refractivity contribution is 5.78. The third kappa shape index (κ3) is 2.99. The normalized spacial score (nSPS) is 18.9. The molecule has 4 aliphatic heterocycles. The smallest absolute Gasteiger partial charge is 0.0431 e. The quantitative estimate of drug-likeness (QED) is 0.472. The Bertz CT molecular complexity index is 1030. The highest BCUT2D eigenvalue weighted by Gasteiger charge is 2.25. The van der Waals surface area contributed by atoms with Gasteiger partial charge in [0.15, 0.2) is 0 Å². The van der Waals surface area contributed by atoms with Crippen molar-refractivity contribution in [2.24, 2.45) is 0 Å². The zero-order valence-electron chi connectivity index (χ0n) is 19.0. The number of benzene rings is 3. The molecule has 0 aliphatic carbocycles. The third-order valence-corrected chi connectivity index (χ3v) is 8.22. The molecule has 0 spiro atoms. The van der Waals surface area contributed by atoms with Crippen molar-refractivity contribution in [1.29, 1.82) is 0 Å². The van der Waals surface area contributed by atoms with Gasteiger partial charge < -0.3 is 9.80 Å². The van der Waals surface area contributed by atoms with Crippen molar-refractivity contribution < 1.29 is 0 Å². The van der Waals surface area contributed by atoms with Crippen molar-refractivity contribution in [3.8, 4) is 22.3 Å². The molecule has 2 nitrogen and oxygen atoms in total. The summed E-state index contributed by atoms with van der Waals surface area (Å²) in [6.45, 7) is 4.98. The molecular formula is C30H32N2. The van der Waals surface area contributed by atoms with Gasteiger partial charge in [-0.05, 0) is 120 Å². The summed E-state index contributed by atoms with van der Waals surface area (Å²) < 4.78 is 0. The summed E-state index contributed by atoms with van der Waals surface area (Å²) in [7, 11) is 0. The van der Waals surface area contributed by atoms with Gasteiger partial charge in [-0.25, -0.2) is 0 Å². The average molecular weight is 421 g/mol. The second-order valence-electron chi connectivity index (χ2n) is 10.3. The Balaban J connectivity index is 1.24. The van der Waals surface area contributed by atoms with Gasteiger partial charge in [-0.1, -0.05) is 24.3 Å². The lowest BCUT2D eigenvalue weighted by molar-refractivity contribution is 0.634. The summed E-state index contributed by atoms with van der Waals surface area (Å²) in [5, 5.41) is 0. The van der Waals surface area contributed by atoms with Crippen LogP contribution in [0.1, 0.15) is 47.9 Å². The van der Waals surface area contributed by atoms with E-state index in [1.54, 1.807) is 33.6 Å². The van der Waals surface area contributed by atoms with E-state index in [2.05, 4.69) is 58.3 Å². The fourth-order valence-electron chi connectivity index (χ4n) is 6.80. The van der Waals surface area contributed by atoms with E-state index in [0.717, 1.165) is 0 Å². The molecule has 4 heterocycles. The van der Waals surface area contributed by atoms with Crippen molar-refractivity contribution in [1.82, 2.24) is 0 Å². The molecule has 4 aliphatic rings. The molecule has 3 aromatic rings. The number of hydrogen-bond acceptors (Lipinski definition) is 2. The first-order valence-corrected chi connectivity index (χ1v) is 12.8. The van der Waals surface area contributed by atoms with Gasteiger partial charge in [0.1, 0.15) is 0 Å². The number of anilines is 2. The van der Waals surface area contributed by atoms with Crippen LogP contribution in [0, 0.1) is 0 Å². The van der Waals surface area contributed by atoms with Gasteiger partial charge in [-0.3, -0.25) is 0 Å². The van der Waals surface area contributed by atoms with Crippen LogP contribution in [0.15, 0.2) is 48.5 Å². The number of rotatable bonds is 2. The van der Waals surface area contributed by atoms with Gasteiger partial charge in [0, 0.05) is 37.6 Å². The molecule has 0 saturated carbocycles. The Morgan fingerprint density at radius 2 is 0.719 bits per heavy atom. The highest BCUT2D eigenvalue weighted by Crippen LogP contribution is 2.40. The van der Waals surface area contributed by atoms with Crippen molar-refractivity contribution in [3.05, 3.63) is 70.8 Å². The second-order valence-corrected chi connectivity index (χ2v) is 10.3. The monoisotopic (exact) mass is 420 g/mol. The fourth-order valence-corrected chi connectivity index (χ4v) is 6.80. The fraction of sp³-hybridized carbons (Fsp3) is 0.400. The predicted octanol–water partition coefficient (Wildman–Crippen LogP) is 6.42. The van der Waals surface area contributed by atoms with Gasteiger partial charge in [0.25, 0.3) is 0 Å². The van der Waals surface area contributed by atoms with Crippen LogP contribution in [0.4, 0.5) is 11.4 Å². The number of hydrogen-bond donors (Lipinski definition) is 0. The maximum atomic E-state index is 2.63. The van der Waals surface area contributed by atoms with E-state index >= 15 is 0 Å². The van der Waals surface area contributed by atoms with Gasteiger partial charge >= 0.3 is 0 Å². The van der Waals surface area contributed by atoms with E-state index in [1.165, 1.54) is 99.8 Å². The highest BCUT2D eigenvalue weighted by atomic mass is 15.1. The number of aryl methyl sites for hydroxylation is 4. The summed E-state index contributed by atoms with van der Waals surface area (Å²) >= 11 is 0. The SMILES string of the molecule is c1cc(-c2cc3c4c(c2)CCCN4CCC3)ccc1-c1cc2c3c(c1)CCCN3CCC2. The van der Waals surface area contributed by atoms with Crippen LogP contribution in [0.5, 0.6) is 0 Å². The zero-order chi connectivity index (χ0) is 21.1. The number of nitrogens with zero attached hydrogens (tertiary/aromatic N) is 2. The molecule has 32 heavy (non-hydrogen) atoms. The Kier molecular flexibility index (Phi) is 4.35. The van der Waals surface area contributed by atoms with E-state index in [4.69, 9.17) is 0 Å². The minimum absolute atomic E-state index is 1.24. The molecule has 3 aromatic carbocycles. The zero-order valence-corrected chi connectivity index (χ0v) is 19.0. The van der Waals surface area contributed by atoms with Crippen molar-refractivity contribution >= 4 is 11.4 Å². The molecule has 162 valence electrons. The van der Waals surface area contributed by atoms with Crippen molar-refractivity contribution in [3.63, 3.8) is 0 Å². The van der Waals surface area contributed by atoms with E-state index in [9.17, 15) is 0 Å². The van der Waals surface area contributed by atoms with Gasteiger partial charge in [-0.2, -0.15) is 0 Å². The molecule has 7 rings (SSSR count). The average Bonchev–Trinajstić information content (AvgIpc) is 2.85. The maximum Gasteiger partial charge on any atom is 0.0431 e. The molecule has 0 N–H and O–H groups in total. The summed E-state index contributed by atoms with van der Waals surface area (Å²) in [4.78, 5) is 5.27. The van der Waals surface area contributed by atoms with E-state index in [0.29, 0.717) is 0 Å². The Morgan fingerprint density at radius 3 is 1.03 bits per heavy atom. The van der Waals surface area contributed by atoms with E-state index < -0.39 is 0 Å². The predicted molar refractivity (Wildman–Crippen MR) is 135 cm³/mol. The lowest BCUT2D eigenvalue weighted by atomic mass is 9.87. The molecule has 0 bridgehead atoms. The molecule has 0 amide bonds. The van der Waals surface area contributed by atoms with Crippen LogP contribution in [0.25, 0.3) is 22.3 Å². The summed E-state index contributed by atoms with van der Waals surface area (Å²) in [5.41, 5.74) is 15.0. The molecule has 2 heteroatoms. The Hall–Kier alpha value is -2.74. The van der Waals surface area contributed by atoms with Gasteiger partial charge in [0.2, 0.25) is 0 Å².